The SMILES string of the molecule is COc1ccc(C(=O)CSc2nnc(N/N=C/c3ccccc3OCc3ccccc3)n2N)cc1OC. The largest absolute Gasteiger partial charge is 0.493 e. The van der Waals surface area contributed by atoms with Gasteiger partial charge in [0.2, 0.25) is 5.16 Å². The first kappa shape index (κ1) is 25.6. The predicted octanol–water partition coefficient (Wildman–Crippen LogP) is 4.01. The van der Waals surface area contributed by atoms with Crippen LogP contribution in [0.5, 0.6) is 17.2 Å². The second kappa shape index (κ2) is 12.5. The second-order valence-electron chi connectivity index (χ2n) is 7.64. The summed E-state index contributed by atoms with van der Waals surface area (Å²) in [7, 11) is 3.06. The molecule has 0 aliphatic heterocycles. The van der Waals surface area contributed by atoms with Crippen molar-refractivity contribution in [3.05, 3.63) is 89.5 Å². The number of carbonyl (C=O) groups is 1. The fraction of sp³-hybridized carbons (Fsp3) is 0.154. The Morgan fingerprint density at radius 2 is 1.76 bits per heavy atom. The molecule has 1 heterocycles. The lowest BCUT2D eigenvalue weighted by atomic mass is 10.1. The molecule has 4 aromatic rings. The summed E-state index contributed by atoms with van der Waals surface area (Å²) in [4.78, 5) is 12.6. The molecule has 0 saturated carbocycles. The van der Waals surface area contributed by atoms with Crippen LogP contribution < -0.4 is 25.5 Å². The molecule has 0 bridgehead atoms. The van der Waals surface area contributed by atoms with E-state index < -0.39 is 0 Å². The maximum absolute atomic E-state index is 12.6. The van der Waals surface area contributed by atoms with Crippen molar-refractivity contribution in [2.75, 3.05) is 31.2 Å². The van der Waals surface area contributed by atoms with Gasteiger partial charge in [0, 0.05) is 11.1 Å². The highest BCUT2D eigenvalue weighted by molar-refractivity contribution is 7.99. The van der Waals surface area contributed by atoms with Gasteiger partial charge in [-0.05, 0) is 35.9 Å². The molecule has 0 aliphatic carbocycles. The van der Waals surface area contributed by atoms with E-state index in [0.717, 1.165) is 22.9 Å². The van der Waals surface area contributed by atoms with E-state index in [1.807, 2.05) is 54.6 Å². The maximum Gasteiger partial charge on any atom is 0.264 e. The van der Waals surface area contributed by atoms with Crippen molar-refractivity contribution in [2.45, 2.75) is 11.8 Å². The van der Waals surface area contributed by atoms with Crippen LogP contribution in [-0.2, 0) is 6.61 Å². The average Bonchev–Trinajstić information content (AvgIpc) is 3.30. The van der Waals surface area contributed by atoms with Crippen LogP contribution in [0.2, 0.25) is 0 Å². The number of rotatable bonds is 12. The van der Waals surface area contributed by atoms with Crippen LogP contribution in [-0.4, -0.2) is 46.8 Å². The van der Waals surface area contributed by atoms with Crippen molar-refractivity contribution >= 4 is 29.7 Å². The number of nitrogens with one attached hydrogen (secondary N) is 1. The molecule has 1 aromatic heterocycles. The molecule has 3 N–H and O–H groups in total. The second-order valence-corrected chi connectivity index (χ2v) is 8.58. The quantitative estimate of drug-likeness (QED) is 0.0940. The van der Waals surface area contributed by atoms with Gasteiger partial charge in [0.25, 0.3) is 5.95 Å². The zero-order chi connectivity index (χ0) is 26.0. The molecule has 0 fully saturated rings. The van der Waals surface area contributed by atoms with E-state index in [2.05, 4.69) is 20.7 Å². The van der Waals surface area contributed by atoms with Crippen LogP contribution in [0.15, 0.2) is 83.1 Å². The summed E-state index contributed by atoms with van der Waals surface area (Å²) >= 11 is 1.16. The first-order valence-corrected chi connectivity index (χ1v) is 12.2. The first-order valence-electron chi connectivity index (χ1n) is 11.2. The predicted molar refractivity (Wildman–Crippen MR) is 143 cm³/mol. The fourth-order valence-corrected chi connectivity index (χ4v) is 4.04. The number of carbonyl (C=O) groups excluding carboxylic acids is 1. The number of hydrogen-bond donors (Lipinski definition) is 2. The van der Waals surface area contributed by atoms with E-state index in [1.165, 1.54) is 18.9 Å². The van der Waals surface area contributed by atoms with Gasteiger partial charge in [0.1, 0.15) is 12.4 Å². The van der Waals surface area contributed by atoms with Gasteiger partial charge in [-0.25, -0.2) is 10.1 Å². The molecule has 37 heavy (non-hydrogen) atoms. The van der Waals surface area contributed by atoms with Crippen LogP contribution in [0, 0.1) is 0 Å². The van der Waals surface area contributed by atoms with Crippen molar-refractivity contribution < 1.29 is 19.0 Å². The van der Waals surface area contributed by atoms with Crippen LogP contribution >= 0.6 is 11.8 Å². The summed E-state index contributed by atoms with van der Waals surface area (Å²) in [5.41, 5.74) is 5.12. The Balaban J connectivity index is 1.34. The highest BCUT2D eigenvalue weighted by atomic mass is 32.2. The Bertz CT molecular complexity index is 1380. The van der Waals surface area contributed by atoms with Gasteiger partial charge in [0.15, 0.2) is 17.3 Å². The number of Topliss-reactive ketones (excluding diaryl/α,β-unsaturated/α-hetero) is 1. The lowest BCUT2D eigenvalue weighted by Crippen LogP contribution is -2.14. The smallest absolute Gasteiger partial charge is 0.264 e. The molecule has 0 unspecified atom stereocenters. The molecule has 0 amide bonds. The van der Waals surface area contributed by atoms with Crippen LogP contribution in [0.1, 0.15) is 21.5 Å². The van der Waals surface area contributed by atoms with Gasteiger partial charge in [-0.15, -0.1) is 10.2 Å². The first-order chi connectivity index (χ1) is 18.1. The van der Waals surface area contributed by atoms with E-state index in [0.29, 0.717) is 34.6 Å². The molecule has 0 radical (unpaired) electrons. The topological polar surface area (TPSA) is 126 Å². The minimum absolute atomic E-state index is 0.111. The Morgan fingerprint density at radius 1 is 1.00 bits per heavy atom. The highest BCUT2D eigenvalue weighted by Gasteiger charge is 2.15. The lowest BCUT2D eigenvalue weighted by Gasteiger charge is -2.09. The minimum atomic E-state index is -0.117. The number of ether oxygens (including phenoxy) is 3. The number of anilines is 1. The summed E-state index contributed by atoms with van der Waals surface area (Å²) < 4.78 is 17.7. The number of hydrazone groups is 1. The summed E-state index contributed by atoms with van der Waals surface area (Å²) in [5.74, 6) is 8.04. The summed E-state index contributed by atoms with van der Waals surface area (Å²) in [6, 6.07) is 22.5. The van der Waals surface area contributed by atoms with Crippen molar-refractivity contribution in [3.63, 3.8) is 0 Å². The van der Waals surface area contributed by atoms with Gasteiger partial charge in [-0.1, -0.05) is 54.2 Å². The van der Waals surface area contributed by atoms with Gasteiger partial charge in [-0.2, -0.15) is 5.10 Å². The Kier molecular flexibility index (Phi) is 8.61. The van der Waals surface area contributed by atoms with Gasteiger partial charge < -0.3 is 20.1 Å². The van der Waals surface area contributed by atoms with E-state index in [-0.39, 0.29) is 17.5 Å². The highest BCUT2D eigenvalue weighted by Crippen LogP contribution is 2.28. The molecule has 3 aromatic carbocycles. The monoisotopic (exact) mass is 518 g/mol. The van der Waals surface area contributed by atoms with Crippen molar-refractivity contribution in [1.29, 1.82) is 0 Å². The van der Waals surface area contributed by atoms with Gasteiger partial charge in [-0.3, -0.25) is 4.79 Å². The zero-order valence-corrected chi connectivity index (χ0v) is 21.1. The number of benzene rings is 3. The molecule has 0 atom stereocenters. The normalized spacial score (nSPS) is 10.9. The number of aromatic nitrogens is 3. The Hall–Kier alpha value is -4.51. The number of hydrogen-bond acceptors (Lipinski definition) is 10. The third kappa shape index (κ3) is 6.58. The van der Waals surface area contributed by atoms with E-state index in [4.69, 9.17) is 20.1 Å². The summed E-state index contributed by atoms with van der Waals surface area (Å²) in [6.45, 7) is 0.443. The fourth-order valence-electron chi connectivity index (χ4n) is 3.29. The molecule has 0 saturated heterocycles. The van der Waals surface area contributed by atoms with E-state index in [9.17, 15) is 4.79 Å². The van der Waals surface area contributed by atoms with Crippen molar-refractivity contribution in [1.82, 2.24) is 14.9 Å². The number of ketones is 1. The van der Waals surface area contributed by atoms with Crippen molar-refractivity contribution in [2.24, 2.45) is 5.10 Å². The number of nitrogen functional groups attached to an aromatic ring is 1. The van der Waals surface area contributed by atoms with Gasteiger partial charge >= 0.3 is 0 Å². The number of nitrogens with two attached hydrogens (primary N) is 1. The van der Waals surface area contributed by atoms with E-state index >= 15 is 0 Å². The molecule has 4 rings (SSSR count). The molecular formula is C26H26N6O4S. The molecule has 10 nitrogen and oxygen atoms in total. The minimum Gasteiger partial charge on any atom is -0.493 e. The molecular weight excluding hydrogens is 492 g/mol. The summed E-state index contributed by atoms with van der Waals surface area (Å²) in [5, 5.41) is 12.6. The number of thioether (sulfide) groups is 1. The third-order valence-corrected chi connectivity index (χ3v) is 6.17. The van der Waals surface area contributed by atoms with Crippen LogP contribution in [0.3, 0.4) is 0 Å². The zero-order valence-electron chi connectivity index (χ0n) is 20.3. The molecule has 0 spiro atoms. The molecule has 190 valence electrons. The number of para-hydroxylation sites is 1. The number of nitrogens with zero attached hydrogens (tertiary/aromatic N) is 4. The van der Waals surface area contributed by atoms with E-state index in [1.54, 1.807) is 24.4 Å². The average molecular weight is 519 g/mol. The molecule has 11 heteroatoms. The maximum atomic E-state index is 12.6. The summed E-state index contributed by atoms with van der Waals surface area (Å²) in [6.07, 6.45) is 1.61. The Morgan fingerprint density at radius 3 is 2.54 bits per heavy atom. The standard InChI is InChI=1S/C26H26N6O4S/c1-34-23-13-12-19(14-24(23)35-2)21(33)17-37-26-31-30-25(32(26)27)29-28-15-20-10-6-7-11-22(20)36-16-18-8-4-3-5-9-18/h3-15H,16-17,27H2,1-2H3,(H,29,30)/b28-15+. The lowest BCUT2D eigenvalue weighted by molar-refractivity contribution is 0.102. The van der Waals surface area contributed by atoms with Gasteiger partial charge in [0.05, 0.1) is 26.2 Å². The van der Waals surface area contributed by atoms with Crippen LogP contribution in [0.25, 0.3) is 0 Å². The number of methoxy groups -OCH3 is 2. The third-order valence-electron chi connectivity index (χ3n) is 5.23. The Labute approximate surface area is 218 Å². The van der Waals surface area contributed by atoms with Crippen molar-refractivity contribution in [3.8, 4) is 17.2 Å². The van der Waals surface area contributed by atoms with Crippen LogP contribution in [0.4, 0.5) is 5.95 Å². The molecule has 0 aliphatic rings.